The number of amides is 1. The first-order valence-electron chi connectivity index (χ1n) is 11.7. The van der Waals surface area contributed by atoms with Crippen molar-refractivity contribution in [2.45, 2.75) is 26.2 Å². The second-order valence-electron chi connectivity index (χ2n) is 8.18. The average Bonchev–Trinajstić information content (AvgIpc) is 3.20. The zero-order valence-electron chi connectivity index (χ0n) is 19.8. The molecule has 1 aliphatic rings. The molecule has 6 nitrogen and oxygen atoms in total. The van der Waals surface area contributed by atoms with Crippen molar-refractivity contribution in [1.29, 1.82) is 0 Å². The minimum Gasteiger partial charge on any atom is -0.481 e. The van der Waals surface area contributed by atoms with Crippen LogP contribution in [-0.2, 0) is 17.6 Å². The topological polar surface area (TPSA) is 66.0 Å². The molecule has 34 heavy (non-hydrogen) atoms. The van der Waals surface area contributed by atoms with Crippen molar-refractivity contribution < 1.29 is 9.53 Å². The number of ether oxygens (including phenoxy) is 1. The molecular formula is C27H35IN4O2. The maximum absolute atomic E-state index is 12.4. The lowest BCUT2D eigenvalue weighted by atomic mass is 10.1. The second kappa shape index (κ2) is 15.2. The quantitative estimate of drug-likeness (QED) is 0.187. The highest BCUT2D eigenvalue weighted by Gasteiger charge is 2.28. The molecule has 182 valence electrons. The summed E-state index contributed by atoms with van der Waals surface area (Å²) in [7, 11) is 0. The maximum atomic E-state index is 12.4. The highest BCUT2D eigenvalue weighted by atomic mass is 127. The van der Waals surface area contributed by atoms with Gasteiger partial charge >= 0.3 is 0 Å². The van der Waals surface area contributed by atoms with Gasteiger partial charge in [-0.3, -0.25) is 9.79 Å². The number of likely N-dealkylation sites (tertiary alicyclic amines) is 1. The van der Waals surface area contributed by atoms with Gasteiger partial charge in [-0.15, -0.1) is 30.4 Å². The monoisotopic (exact) mass is 574 g/mol. The molecule has 2 aromatic rings. The predicted molar refractivity (Wildman–Crippen MR) is 149 cm³/mol. The Morgan fingerprint density at radius 3 is 2.56 bits per heavy atom. The number of carbonyl (C=O) groups excluding carboxylic acids is 1. The smallest absolute Gasteiger partial charge is 0.223 e. The van der Waals surface area contributed by atoms with Gasteiger partial charge in [0.05, 0.1) is 0 Å². The van der Waals surface area contributed by atoms with Crippen LogP contribution in [0, 0.1) is 18.3 Å². The molecule has 1 aliphatic heterocycles. The molecule has 0 bridgehead atoms. The third-order valence-corrected chi connectivity index (χ3v) is 5.61. The van der Waals surface area contributed by atoms with Gasteiger partial charge in [0.1, 0.15) is 12.4 Å². The Morgan fingerprint density at radius 2 is 1.85 bits per heavy atom. The van der Waals surface area contributed by atoms with Crippen molar-refractivity contribution in [3.05, 3.63) is 65.7 Å². The van der Waals surface area contributed by atoms with Gasteiger partial charge in [-0.1, -0.05) is 48.4 Å². The van der Waals surface area contributed by atoms with Crippen LogP contribution in [-0.4, -0.2) is 56.1 Å². The van der Waals surface area contributed by atoms with E-state index in [0.29, 0.717) is 13.0 Å². The number of nitrogens with zero attached hydrogens (tertiary/aromatic N) is 2. The first-order valence-corrected chi connectivity index (χ1v) is 11.7. The number of rotatable bonds is 11. The summed E-state index contributed by atoms with van der Waals surface area (Å²) in [5, 5.41) is 6.69. The van der Waals surface area contributed by atoms with Crippen LogP contribution in [0.4, 0.5) is 0 Å². The van der Waals surface area contributed by atoms with Gasteiger partial charge < -0.3 is 20.3 Å². The minimum atomic E-state index is 0. The first kappa shape index (κ1) is 27.5. The Bertz CT molecular complexity index is 941. The van der Waals surface area contributed by atoms with Crippen LogP contribution in [0.3, 0.4) is 0 Å². The van der Waals surface area contributed by atoms with Crippen molar-refractivity contribution in [3.63, 3.8) is 0 Å². The lowest BCUT2D eigenvalue weighted by Gasteiger charge is -2.16. The van der Waals surface area contributed by atoms with Crippen molar-refractivity contribution in [1.82, 2.24) is 15.5 Å². The standard InChI is InChI=1S/C27H34N4O2.HI/c1-3-18-33-25-12-10-23(11-13-25)14-16-29-27(28-4-2)30-20-24-19-26(32)31(21-24)17-15-22-8-6-5-7-9-22;/h1,5-13,24H,4,14-21H2,2H3,(H2,28,29,30);1H. The molecule has 1 heterocycles. The minimum absolute atomic E-state index is 0. The summed E-state index contributed by atoms with van der Waals surface area (Å²) >= 11 is 0. The van der Waals surface area contributed by atoms with Crippen LogP contribution < -0.4 is 15.4 Å². The highest BCUT2D eigenvalue weighted by molar-refractivity contribution is 14.0. The van der Waals surface area contributed by atoms with Crippen LogP contribution in [0.25, 0.3) is 0 Å². The Balaban J connectivity index is 0.00000408. The Morgan fingerprint density at radius 1 is 1.12 bits per heavy atom. The normalized spacial score (nSPS) is 15.4. The van der Waals surface area contributed by atoms with Crippen molar-refractivity contribution in [2.24, 2.45) is 10.9 Å². The SMILES string of the molecule is C#CCOc1ccc(CCNC(=NCC2CC(=O)N(CCc3ccccc3)C2)NCC)cc1.I. The third kappa shape index (κ3) is 9.26. The number of guanidine groups is 1. The number of nitrogens with one attached hydrogen (secondary N) is 2. The second-order valence-corrected chi connectivity index (χ2v) is 8.18. The molecule has 0 saturated carbocycles. The number of terminal acetylenes is 1. The fraction of sp³-hybridized carbons (Fsp3) is 0.407. The summed E-state index contributed by atoms with van der Waals surface area (Å²) in [6, 6.07) is 18.3. The fourth-order valence-corrected chi connectivity index (χ4v) is 3.87. The number of carbonyl (C=O) groups is 1. The van der Waals surface area contributed by atoms with E-state index in [0.717, 1.165) is 50.7 Å². The van der Waals surface area contributed by atoms with E-state index in [1.807, 2.05) is 47.4 Å². The summed E-state index contributed by atoms with van der Waals surface area (Å²) < 4.78 is 5.41. The number of hydrogen-bond acceptors (Lipinski definition) is 3. The molecule has 0 spiro atoms. The van der Waals surface area contributed by atoms with Gasteiger partial charge in [-0.2, -0.15) is 0 Å². The number of benzene rings is 2. The van der Waals surface area contributed by atoms with Crippen molar-refractivity contribution in [3.8, 4) is 18.1 Å². The molecule has 2 aromatic carbocycles. The summed E-state index contributed by atoms with van der Waals surface area (Å²) in [6.45, 7) is 6.08. The lowest BCUT2D eigenvalue weighted by molar-refractivity contribution is -0.127. The van der Waals surface area contributed by atoms with E-state index in [4.69, 9.17) is 16.2 Å². The number of aliphatic imine (C=N–C) groups is 1. The maximum Gasteiger partial charge on any atom is 0.223 e. The van der Waals surface area contributed by atoms with E-state index in [1.165, 1.54) is 11.1 Å². The molecule has 1 saturated heterocycles. The Labute approximate surface area is 220 Å². The first-order chi connectivity index (χ1) is 16.2. The van der Waals surface area contributed by atoms with Crippen LogP contribution in [0.15, 0.2) is 59.6 Å². The van der Waals surface area contributed by atoms with Gasteiger partial charge in [0, 0.05) is 45.1 Å². The van der Waals surface area contributed by atoms with Gasteiger partial charge in [0.15, 0.2) is 5.96 Å². The summed E-state index contributed by atoms with van der Waals surface area (Å²) in [6.07, 6.45) is 7.56. The van der Waals surface area contributed by atoms with Crippen LogP contribution in [0.5, 0.6) is 5.75 Å². The molecule has 1 fully saturated rings. The predicted octanol–water partition coefficient (Wildman–Crippen LogP) is 3.51. The van der Waals surface area contributed by atoms with Crippen LogP contribution >= 0.6 is 24.0 Å². The van der Waals surface area contributed by atoms with Gasteiger partial charge in [-0.05, 0) is 43.0 Å². The van der Waals surface area contributed by atoms with Crippen molar-refractivity contribution >= 4 is 35.8 Å². The van der Waals surface area contributed by atoms with Gasteiger partial charge in [0.25, 0.3) is 0 Å². The molecule has 0 aliphatic carbocycles. The van der Waals surface area contributed by atoms with E-state index in [2.05, 4.69) is 35.6 Å². The molecule has 2 N–H and O–H groups in total. The molecule has 1 unspecified atom stereocenters. The molecule has 7 heteroatoms. The van der Waals surface area contributed by atoms with Gasteiger partial charge in [-0.25, -0.2) is 0 Å². The molecule has 0 radical (unpaired) electrons. The molecule has 1 amide bonds. The van der Waals surface area contributed by atoms with Crippen LogP contribution in [0.1, 0.15) is 24.5 Å². The van der Waals surface area contributed by atoms with Crippen molar-refractivity contribution in [2.75, 3.05) is 39.3 Å². The Hall–Kier alpha value is -2.73. The third-order valence-electron chi connectivity index (χ3n) is 5.61. The number of hydrogen-bond donors (Lipinski definition) is 2. The summed E-state index contributed by atoms with van der Waals surface area (Å²) in [5.74, 6) is 4.54. The van der Waals surface area contributed by atoms with E-state index < -0.39 is 0 Å². The largest absolute Gasteiger partial charge is 0.481 e. The molecule has 3 rings (SSSR count). The molecule has 1 atom stereocenters. The summed E-state index contributed by atoms with van der Waals surface area (Å²) in [5.41, 5.74) is 2.47. The lowest BCUT2D eigenvalue weighted by Crippen LogP contribution is -2.38. The summed E-state index contributed by atoms with van der Waals surface area (Å²) in [4.78, 5) is 19.1. The highest BCUT2D eigenvalue weighted by Crippen LogP contribution is 2.18. The molecular weight excluding hydrogens is 539 g/mol. The fourth-order valence-electron chi connectivity index (χ4n) is 3.87. The zero-order chi connectivity index (χ0) is 23.3. The van der Waals surface area contributed by atoms with E-state index >= 15 is 0 Å². The molecule has 0 aromatic heterocycles. The van der Waals surface area contributed by atoms with Gasteiger partial charge in [0.2, 0.25) is 5.91 Å². The Kier molecular flexibility index (Phi) is 12.3. The van der Waals surface area contributed by atoms with E-state index in [-0.39, 0.29) is 42.4 Å². The zero-order valence-corrected chi connectivity index (χ0v) is 22.2. The van der Waals surface area contributed by atoms with E-state index in [1.54, 1.807) is 0 Å². The van der Waals surface area contributed by atoms with Crippen LogP contribution in [0.2, 0.25) is 0 Å². The van der Waals surface area contributed by atoms with E-state index in [9.17, 15) is 4.79 Å². The number of halogens is 1. The average molecular weight is 575 g/mol.